The third-order valence-electron chi connectivity index (χ3n) is 5.04. The summed E-state index contributed by atoms with van der Waals surface area (Å²) in [5, 5.41) is 2.99. The molecule has 0 saturated heterocycles. The molecule has 0 aromatic carbocycles. The van der Waals surface area contributed by atoms with Gasteiger partial charge in [0.25, 0.3) is 0 Å². The smallest absolute Gasteiger partial charge is 0.224 e. The van der Waals surface area contributed by atoms with Crippen molar-refractivity contribution in [2.24, 2.45) is 0 Å². The van der Waals surface area contributed by atoms with Crippen molar-refractivity contribution >= 4 is 5.91 Å². The fourth-order valence-corrected chi connectivity index (χ4v) is 3.26. The molecule has 0 aliphatic carbocycles. The first-order valence-corrected chi connectivity index (χ1v) is 11.2. The van der Waals surface area contributed by atoms with E-state index in [1.54, 1.807) is 0 Å². The van der Waals surface area contributed by atoms with E-state index in [-0.39, 0.29) is 5.91 Å². The highest BCUT2D eigenvalue weighted by Crippen LogP contribution is 2.13. The van der Waals surface area contributed by atoms with Gasteiger partial charge in [-0.3, -0.25) is 4.79 Å². The monoisotopic (exact) mass is 351 g/mol. The standard InChI is InChI=1S/C23H45NO/c1-4-7-8-9-10-11-12-13-14-15-16-17-18-19-20-21-23(25)24-22(5-2)6-3/h5H,4,6-21H2,1-3H3,(H,24,25). The molecule has 0 aliphatic rings. The molecule has 2 nitrogen and oxygen atoms in total. The molecule has 0 radical (unpaired) electrons. The maximum atomic E-state index is 11.8. The Bertz CT molecular complexity index is 322. The van der Waals surface area contributed by atoms with Crippen LogP contribution in [0.3, 0.4) is 0 Å². The number of unbranched alkanes of at least 4 members (excludes halogenated alkanes) is 14. The number of hydrogen-bond acceptors (Lipinski definition) is 1. The molecule has 1 N–H and O–H groups in total. The Morgan fingerprint density at radius 2 is 1.08 bits per heavy atom. The van der Waals surface area contributed by atoms with Gasteiger partial charge in [0, 0.05) is 12.1 Å². The van der Waals surface area contributed by atoms with Crippen molar-refractivity contribution in [1.82, 2.24) is 5.32 Å². The van der Waals surface area contributed by atoms with E-state index in [1.807, 2.05) is 13.0 Å². The molecule has 0 aliphatic heterocycles. The molecule has 0 unspecified atom stereocenters. The van der Waals surface area contributed by atoms with Crippen LogP contribution in [0.1, 0.15) is 130 Å². The van der Waals surface area contributed by atoms with Crippen LogP contribution < -0.4 is 5.32 Å². The molecule has 0 spiro atoms. The summed E-state index contributed by atoms with van der Waals surface area (Å²) in [6, 6.07) is 0. The number of nitrogens with one attached hydrogen (secondary N) is 1. The highest BCUT2D eigenvalue weighted by Gasteiger charge is 2.02. The normalized spacial score (nSPS) is 11.7. The third-order valence-corrected chi connectivity index (χ3v) is 5.04. The third kappa shape index (κ3) is 17.8. The molecule has 0 aromatic rings. The SMILES string of the molecule is CC=C(CC)NC(=O)CCCCCCCCCCCCCCCCC. The van der Waals surface area contributed by atoms with Gasteiger partial charge in [0.05, 0.1) is 0 Å². The van der Waals surface area contributed by atoms with Crippen LogP contribution in [0.25, 0.3) is 0 Å². The van der Waals surface area contributed by atoms with Crippen LogP contribution in [-0.2, 0) is 4.79 Å². The van der Waals surface area contributed by atoms with Gasteiger partial charge in [-0.2, -0.15) is 0 Å². The number of rotatable bonds is 18. The summed E-state index contributed by atoms with van der Waals surface area (Å²) in [7, 11) is 0. The largest absolute Gasteiger partial charge is 0.330 e. The zero-order valence-corrected chi connectivity index (χ0v) is 17.5. The number of amides is 1. The number of hydrogen-bond donors (Lipinski definition) is 1. The summed E-state index contributed by atoms with van der Waals surface area (Å²) in [5.74, 6) is 0.185. The zero-order chi connectivity index (χ0) is 18.6. The van der Waals surface area contributed by atoms with Gasteiger partial charge in [-0.1, -0.05) is 110 Å². The van der Waals surface area contributed by atoms with Crippen LogP contribution in [0.15, 0.2) is 11.8 Å². The van der Waals surface area contributed by atoms with Gasteiger partial charge in [0.2, 0.25) is 5.91 Å². The molecule has 0 saturated carbocycles. The summed E-state index contributed by atoms with van der Waals surface area (Å²) >= 11 is 0. The number of carbonyl (C=O) groups is 1. The highest BCUT2D eigenvalue weighted by molar-refractivity contribution is 5.77. The van der Waals surface area contributed by atoms with E-state index in [0.29, 0.717) is 6.42 Å². The predicted molar refractivity (Wildman–Crippen MR) is 112 cm³/mol. The predicted octanol–water partition coefficient (Wildman–Crippen LogP) is 7.68. The molecule has 1 amide bonds. The summed E-state index contributed by atoms with van der Waals surface area (Å²) in [6.45, 7) is 6.33. The average molecular weight is 352 g/mol. The Hall–Kier alpha value is -0.790. The molecule has 148 valence electrons. The van der Waals surface area contributed by atoms with Crippen molar-refractivity contribution < 1.29 is 4.79 Å². The lowest BCUT2D eigenvalue weighted by molar-refractivity contribution is -0.120. The fourth-order valence-electron chi connectivity index (χ4n) is 3.26. The van der Waals surface area contributed by atoms with Crippen LogP contribution in [0.5, 0.6) is 0 Å². The first kappa shape index (κ1) is 24.2. The average Bonchev–Trinajstić information content (AvgIpc) is 2.62. The van der Waals surface area contributed by atoms with Gasteiger partial charge >= 0.3 is 0 Å². The first-order chi connectivity index (χ1) is 12.2. The molecule has 0 aromatic heterocycles. The molecule has 0 fully saturated rings. The lowest BCUT2D eigenvalue weighted by Gasteiger charge is -2.07. The van der Waals surface area contributed by atoms with Gasteiger partial charge in [-0.05, 0) is 19.8 Å². The maximum absolute atomic E-state index is 11.8. The summed E-state index contributed by atoms with van der Waals surface area (Å²) < 4.78 is 0. The minimum atomic E-state index is 0.185. The second-order valence-electron chi connectivity index (χ2n) is 7.42. The molecule has 0 heterocycles. The summed E-state index contributed by atoms with van der Waals surface area (Å²) in [4.78, 5) is 11.8. The van der Waals surface area contributed by atoms with E-state index in [0.717, 1.165) is 18.5 Å². The van der Waals surface area contributed by atoms with Crippen LogP contribution in [-0.4, -0.2) is 5.91 Å². The van der Waals surface area contributed by atoms with E-state index in [2.05, 4.69) is 19.2 Å². The van der Waals surface area contributed by atoms with Crippen molar-refractivity contribution in [3.8, 4) is 0 Å². The van der Waals surface area contributed by atoms with E-state index in [4.69, 9.17) is 0 Å². The molecule has 25 heavy (non-hydrogen) atoms. The Kier molecular flexibility index (Phi) is 18.9. The number of carbonyl (C=O) groups excluding carboxylic acids is 1. The molecule has 0 rings (SSSR count). The summed E-state index contributed by atoms with van der Waals surface area (Å²) in [5.41, 5.74) is 1.05. The second-order valence-corrected chi connectivity index (χ2v) is 7.42. The fraction of sp³-hybridized carbons (Fsp3) is 0.870. The van der Waals surface area contributed by atoms with E-state index >= 15 is 0 Å². The zero-order valence-electron chi connectivity index (χ0n) is 17.5. The Morgan fingerprint density at radius 3 is 1.44 bits per heavy atom. The van der Waals surface area contributed by atoms with Crippen molar-refractivity contribution in [3.63, 3.8) is 0 Å². The topological polar surface area (TPSA) is 29.1 Å². The van der Waals surface area contributed by atoms with Gasteiger partial charge < -0.3 is 5.32 Å². The minimum absolute atomic E-state index is 0.185. The number of allylic oxidation sites excluding steroid dienone is 2. The molecular formula is C23H45NO. The van der Waals surface area contributed by atoms with Crippen LogP contribution >= 0.6 is 0 Å². The van der Waals surface area contributed by atoms with Gasteiger partial charge in [0.15, 0.2) is 0 Å². The van der Waals surface area contributed by atoms with Crippen LogP contribution in [0.2, 0.25) is 0 Å². The lowest BCUT2D eigenvalue weighted by atomic mass is 10.0. The molecule has 0 bridgehead atoms. The van der Waals surface area contributed by atoms with Crippen molar-refractivity contribution in [1.29, 1.82) is 0 Å². The van der Waals surface area contributed by atoms with E-state index in [9.17, 15) is 4.79 Å². The molecule has 2 heteroatoms. The van der Waals surface area contributed by atoms with Crippen molar-refractivity contribution in [2.75, 3.05) is 0 Å². The maximum Gasteiger partial charge on any atom is 0.224 e. The van der Waals surface area contributed by atoms with Crippen molar-refractivity contribution in [2.45, 2.75) is 130 Å². The summed E-state index contributed by atoms with van der Waals surface area (Å²) in [6.07, 6.45) is 24.0. The lowest BCUT2D eigenvalue weighted by Crippen LogP contribution is -2.21. The quantitative estimate of drug-likeness (QED) is 0.252. The van der Waals surface area contributed by atoms with Crippen molar-refractivity contribution in [3.05, 3.63) is 11.8 Å². The first-order valence-electron chi connectivity index (χ1n) is 11.2. The second kappa shape index (κ2) is 19.5. The Morgan fingerprint density at radius 1 is 0.680 bits per heavy atom. The Labute approximate surface area is 158 Å². The molecule has 0 atom stereocenters. The van der Waals surface area contributed by atoms with Gasteiger partial charge in [-0.15, -0.1) is 0 Å². The van der Waals surface area contributed by atoms with Gasteiger partial charge in [0.1, 0.15) is 0 Å². The Balaban J connectivity index is 3.20. The molecular weight excluding hydrogens is 306 g/mol. The van der Waals surface area contributed by atoms with Crippen LogP contribution in [0.4, 0.5) is 0 Å². The minimum Gasteiger partial charge on any atom is -0.330 e. The van der Waals surface area contributed by atoms with Gasteiger partial charge in [-0.25, -0.2) is 0 Å². The highest BCUT2D eigenvalue weighted by atomic mass is 16.1. The van der Waals surface area contributed by atoms with E-state index in [1.165, 1.54) is 89.9 Å². The van der Waals surface area contributed by atoms with E-state index < -0.39 is 0 Å². The van der Waals surface area contributed by atoms with Crippen LogP contribution in [0, 0.1) is 0 Å².